The molecule has 258 valence electrons. The number of nitrogens with zero attached hydrogens (tertiary/aromatic N) is 3. The first-order chi connectivity index (χ1) is 22.9. The van der Waals surface area contributed by atoms with Crippen LogP contribution in [0.15, 0.2) is 30.6 Å². The van der Waals surface area contributed by atoms with Gasteiger partial charge in [-0.3, -0.25) is 14.5 Å². The summed E-state index contributed by atoms with van der Waals surface area (Å²) in [5.74, 6) is 3.47. The molecule has 48 heavy (non-hydrogen) atoms. The number of rotatable bonds is 8. The summed E-state index contributed by atoms with van der Waals surface area (Å²) in [5, 5.41) is 8.08. The molecule has 1 aromatic heterocycles. The molecule has 2 amide bonds. The molecular formula is C33H37F5N6O4. The minimum atomic E-state index is -4.56. The quantitative estimate of drug-likeness (QED) is 0.243. The molecule has 15 heteroatoms. The van der Waals surface area contributed by atoms with Gasteiger partial charge in [-0.25, -0.2) is 13.8 Å². The minimum absolute atomic E-state index is 0.0286. The van der Waals surface area contributed by atoms with E-state index >= 15 is 4.39 Å². The molecule has 0 unspecified atom stereocenters. The number of fused-ring (bicyclic) bond motifs is 1. The Labute approximate surface area is 274 Å². The molecule has 2 aliphatic heterocycles. The lowest BCUT2D eigenvalue weighted by molar-refractivity contribution is -0.140. The van der Waals surface area contributed by atoms with Crippen LogP contribution in [0, 0.1) is 23.6 Å². The van der Waals surface area contributed by atoms with Crippen LogP contribution in [0.3, 0.4) is 0 Å². The van der Waals surface area contributed by atoms with Gasteiger partial charge in [-0.2, -0.15) is 13.2 Å². The van der Waals surface area contributed by atoms with Crippen LogP contribution in [0.4, 0.5) is 27.6 Å². The summed E-state index contributed by atoms with van der Waals surface area (Å²) in [6.45, 7) is 2.46. The zero-order valence-electron chi connectivity index (χ0n) is 26.7. The fourth-order valence-corrected chi connectivity index (χ4v) is 6.25. The van der Waals surface area contributed by atoms with Crippen molar-refractivity contribution in [2.75, 3.05) is 52.3 Å². The fraction of sp³-hybridized carbons (Fsp3) is 0.485. The van der Waals surface area contributed by atoms with Crippen LogP contribution in [-0.4, -0.2) is 97.7 Å². The van der Waals surface area contributed by atoms with Crippen molar-refractivity contribution in [3.8, 4) is 17.6 Å². The third-order valence-corrected chi connectivity index (χ3v) is 8.62. The lowest BCUT2D eigenvalue weighted by Crippen LogP contribution is -2.59. The minimum Gasteiger partial charge on any atom is -0.494 e. The second kappa shape index (κ2) is 14.8. The van der Waals surface area contributed by atoms with E-state index in [1.807, 2.05) is 6.92 Å². The van der Waals surface area contributed by atoms with Crippen LogP contribution in [0.25, 0.3) is 11.0 Å². The summed E-state index contributed by atoms with van der Waals surface area (Å²) < 4.78 is 81.6. The predicted molar refractivity (Wildman–Crippen MR) is 168 cm³/mol. The van der Waals surface area contributed by atoms with E-state index in [-0.39, 0.29) is 64.2 Å². The smallest absolute Gasteiger partial charge is 0.406 e. The number of carbonyl (C=O) groups is 2. The number of benzene rings is 2. The Kier molecular flexibility index (Phi) is 10.7. The van der Waals surface area contributed by atoms with Crippen LogP contribution in [0.1, 0.15) is 46.0 Å². The molecule has 3 heterocycles. The van der Waals surface area contributed by atoms with Crippen LogP contribution in [-0.2, 0) is 11.3 Å². The number of piperidine rings is 1. The number of anilines is 1. The van der Waals surface area contributed by atoms with Gasteiger partial charge in [0.15, 0.2) is 0 Å². The summed E-state index contributed by atoms with van der Waals surface area (Å²) in [6.07, 6.45) is -3.29. The maximum absolute atomic E-state index is 15.6. The van der Waals surface area contributed by atoms with Gasteiger partial charge >= 0.3 is 6.18 Å². The third kappa shape index (κ3) is 7.99. The topological polar surface area (TPSA) is 110 Å². The molecule has 0 bridgehead atoms. The first-order valence-corrected chi connectivity index (χ1v) is 15.5. The average Bonchev–Trinajstić information content (AvgIpc) is 3.45. The van der Waals surface area contributed by atoms with E-state index in [2.05, 4.69) is 37.7 Å². The van der Waals surface area contributed by atoms with E-state index in [1.165, 1.54) is 32.4 Å². The molecule has 2 saturated heterocycles. The van der Waals surface area contributed by atoms with Crippen LogP contribution < -0.4 is 20.7 Å². The summed E-state index contributed by atoms with van der Waals surface area (Å²) in [6, 6.07) is 4.52. The maximum atomic E-state index is 15.6. The highest BCUT2D eigenvalue weighted by Crippen LogP contribution is 2.29. The van der Waals surface area contributed by atoms with Crippen LogP contribution in [0.2, 0.25) is 0 Å². The summed E-state index contributed by atoms with van der Waals surface area (Å²) >= 11 is 0. The zero-order valence-corrected chi connectivity index (χ0v) is 26.7. The Balaban J connectivity index is 1.39. The van der Waals surface area contributed by atoms with Gasteiger partial charge in [0, 0.05) is 51.0 Å². The van der Waals surface area contributed by atoms with E-state index in [0.717, 1.165) is 29.8 Å². The van der Waals surface area contributed by atoms with E-state index in [1.54, 1.807) is 0 Å². The van der Waals surface area contributed by atoms with Crippen molar-refractivity contribution in [2.45, 2.75) is 50.7 Å². The Morgan fingerprint density at radius 1 is 1.10 bits per heavy atom. The Hall–Kier alpha value is -4.42. The molecule has 10 nitrogen and oxygen atoms in total. The lowest BCUT2D eigenvalue weighted by atomic mass is 9.89. The number of imidazole rings is 1. The van der Waals surface area contributed by atoms with Gasteiger partial charge in [0.1, 0.15) is 29.8 Å². The van der Waals surface area contributed by atoms with Gasteiger partial charge in [0.05, 0.1) is 48.4 Å². The van der Waals surface area contributed by atoms with Crippen molar-refractivity contribution >= 4 is 28.5 Å². The van der Waals surface area contributed by atoms with Gasteiger partial charge in [0.25, 0.3) is 11.8 Å². The van der Waals surface area contributed by atoms with Crippen molar-refractivity contribution in [3.63, 3.8) is 0 Å². The molecule has 0 radical (unpaired) electrons. The number of hydrogen-bond donors (Lipinski definition) is 3. The van der Waals surface area contributed by atoms with Crippen molar-refractivity contribution in [3.05, 3.63) is 53.1 Å². The molecule has 2 fully saturated rings. The van der Waals surface area contributed by atoms with Gasteiger partial charge < -0.3 is 30.0 Å². The second-order valence-electron chi connectivity index (χ2n) is 11.9. The number of amides is 2. The zero-order chi connectivity index (χ0) is 34.6. The molecular weight excluding hydrogens is 639 g/mol. The standard InChI is InChI=1S/C33H37F5N6O4/c1-19-15-43(21-6-9-48-10-7-21)16-25(35)29(19)42-32(46)23-11-20(12-27-30(23)41-18-44(27)17-33(36,37)38)5-4-8-40-26-13-22(31(45)39-2)24(34)14-28(26)47-3/h11-14,18-19,21,25,29,40H,6-10,15-17H2,1-3H3,(H,39,45)(H,42,46)/t19-,25-,29+/m1/s1. The van der Waals surface area contributed by atoms with E-state index in [9.17, 15) is 27.2 Å². The number of carbonyl (C=O) groups excluding carboxylic acids is 2. The molecule has 0 aliphatic carbocycles. The van der Waals surface area contributed by atoms with Crippen LogP contribution in [0.5, 0.6) is 5.75 Å². The molecule has 2 aliphatic rings. The molecule has 0 spiro atoms. The normalized spacial score (nSPS) is 20.5. The summed E-state index contributed by atoms with van der Waals surface area (Å²) in [5.41, 5.74) is 0.310. The van der Waals surface area contributed by atoms with Gasteiger partial charge in [-0.15, -0.1) is 0 Å². The number of methoxy groups -OCH3 is 1. The largest absolute Gasteiger partial charge is 0.494 e. The molecule has 3 atom stereocenters. The van der Waals surface area contributed by atoms with Crippen molar-refractivity contribution in [2.24, 2.45) is 5.92 Å². The predicted octanol–water partition coefficient (Wildman–Crippen LogP) is 4.14. The molecule has 0 saturated carbocycles. The average molecular weight is 677 g/mol. The van der Waals surface area contributed by atoms with Crippen molar-refractivity contribution < 1.29 is 41.0 Å². The number of ether oxygens (including phenoxy) is 2. The van der Waals surface area contributed by atoms with Gasteiger partial charge in [0.2, 0.25) is 0 Å². The second-order valence-corrected chi connectivity index (χ2v) is 11.9. The first kappa shape index (κ1) is 34.9. The molecule has 5 rings (SSSR count). The number of nitrogens with one attached hydrogen (secondary N) is 3. The van der Waals surface area contributed by atoms with Gasteiger partial charge in [-0.1, -0.05) is 18.8 Å². The van der Waals surface area contributed by atoms with Gasteiger partial charge in [-0.05, 0) is 37.0 Å². The number of halogens is 5. The molecule has 3 aromatic rings. The van der Waals surface area contributed by atoms with E-state index in [4.69, 9.17) is 9.47 Å². The van der Waals surface area contributed by atoms with Crippen LogP contribution >= 0.6 is 0 Å². The Bertz CT molecular complexity index is 1700. The molecule has 2 aromatic carbocycles. The summed E-state index contributed by atoms with van der Waals surface area (Å²) in [4.78, 5) is 31.9. The Morgan fingerprint density at radius 3 is 2.52 bits per heavy atom. The van der Waals surface area contributed by atoms with E-state index in [0.29, 0.717) is 19.8 Å². The number of aromatic nitrogens is 2. The number of likely N-dealkylation sites (tertiary alicyclic amines) is 1. The number of alkyl halides is 4. The number of hydrogen-bond acceptors (Lipinski definition) is 7. The van der Waals surface area contributed by atoms with Crippen molar-refractivity contribution in [1.29, 1.82) is 0 Å². The monoisotopic (exact) mass is 676 g/mol. The highest BCUT2D eigenvalue weighted by atomic mass is 19.4. The maximum Gasteiger partial charge on any atom is 0.406 e. The molecule has 3 N–H and O–H groups in total. The highest BCUT2D eigenvalue weighted by molar-refractivity contribution is 6.05. The SMILES string of the molecule is CNC(=O)c1cc(NCC#Cc2cc(C(=O)N[C@H]3[C@H](C)CN(C4CCOCC4)C[C@H]3F)c3ncn(CC(F)(F)F)c3c2)c(OC)cc1F. The van der Waals surface area contributed by atoms with Crippen molar-refractivity contribution in [1.82, 2.24) is 25.1 Å². The fourth-order valence-electron chi connectivity index (χ4n) is 6.25. The third-order valence-electron chi connectivity index (χ3n) is 8.62. The Morgan fingerprint density at radius 2 is 1.85 bits per heavy atom. The lowest BCUT2D eigenvalue weighted by Gasteiger charge is -2.44. The summed E-state index contributed by atoms with van der Waals surface area (Å²) in [7, 11) is 2.70. The first-order valence-electron chi connectivity index (χ1n) is 15.5. The van der Waals surface area contributed by atoms with E-state index < -0.39 is 42.6 Å². The highest BCUT2D eigenvalue weighted by Gasteiger charge is 2.39.